The minimum absolute atomic E-state index is 0.0166. The highest BCUT2D eigenvalue weighted by Crippen LogP contribution is 2.52. The summed E-state index contributed by atoms with van der Waals surface area (Å²) in [7, 11) is 4.31. The number of rotatable bonds is 17. The number of benzene rings is 1. The summed E-state index contributed by atoms with van der Waals surface area (Å²) in [6.07, 6.45) is 1.74. The Balaban J connectivity index is 1.22. The van der Waals surface area contributed by atoms with Crippen LogP contribution in [0.1, 0.15) is 80.1 Å². The molecule has 62 heavy (non-hydrogen) atoms. The van der Waals surface area contributed by atoms with Gasteiger partial charge in [-0.1, -0.05) is 45.7 Å². The summed E-state index contributed by atoms with van der Waals surface area (Å²) >= 11 is 8.46. The zero-order chi connectivity index (χ0) is 44.7. The van der Waals surface area contributed by atoms with E-state index in [-0.39, 0.29) is 42.7 Å². The van der Waals surface area contributed by atoms with Crippen molar-refractivity contribution in [2.45, 2.75) is 122 Å². The van der Waals surface area contributed by atoms with Gasteiger partial charge in [0.1, 0.15) is 58.7 Å². The van der Waals surface area contributed by atoms with Gasteiger partial charge in [-0.25, -0.2) is 19.6 Å². The highest BCUT2D eigenvalue weighted by Gasteiger charge is 2.62. The number of pyridine rings is 1. The average Bonchev–Trinajstić information content (AvgIpc) is 3.89. The van der Waals surface area contributed by atoms with Gasteiger partial charge in [0.05, 0.1) is 24.9 Å². The Bertz CT molecular complexity index is 2150. The van der Waals surface area contributed by atoms with Crippen molar-refractivity contribution in [3.8, 4) is 22.9 Å². The maximum absolute atomic E-state index is 14.9. The van der Waals surface area contributed by atoms with Gasteiger partial charge in [0.15, 0.2) is 11.4 Å². The number of aromatic nitrogens is 2. The number of hydrogen-bond acceptors (Lipinski definition) is 14. The van der Waals surface area contributed by atoms with E-state index < -0.39 is 59.3 Å². The molecule has 16 nitrogen and oxygen atoms in total. The van der Waals surface area contributed by atoms with Crippen molar-refractivity contribution in [2.24, 2.45) is 23.2 Å². The summed E-state index contributed by atoms with van der Waals surface area (Å²) < 4.78 is 34.3. The van der Waals surface area contributed by atoms with Gasteiger partial charge in [-0.2, -0.15) is 0 Å². The van der Waals surface area contributed by atoms with Crippen LogP contribution in [-0.2, 0) is 33.3 Å². The van der Waals surface area contributed by atoms with E-state index >= 15 is 0 Å². The number of hydrogen-bond donors (Lipinski definition) is 3. The molecule has 1 saturated heterocycles. The van der Waals surface area contributed by atoms with Crippen LogP contribution in [0.4, 0.5) is 9.93 Å². The predicted molar refractivity (Wildman–Crippen MR) is 233 cm³/mol. The molecule has 18 heteroatoms. The third-order valence-electron chi connectivity index (χ3n) is 12.4. The Morgan fingerprint density at radius 1 is 0.984 bits per heavy atom. The molecule has 3 N–H and O–H groups in total. The lowest BCUT2D eigenvalue weighted by atomic mass is 9.85. The second kappa shape index (κ2) is 18.3. The van der Waals surface area contributed by atoms with Crippen molar-refractivity contribution in [2.75, 3.05) is 39.8 Å². The van der Waals surface area contributed by atoms with Crippen LogP contribution < -0.4 is 25.4 Å². The molecule has 1 unspecified atom stereocenters. The zero-order valence-electron chi connectivity index (χ0n) is 36.9. The Hall–Kier alpha value is -4.45. The van der Waals surface area contributed by atoms with Crippen molar-refractivity contribution in [1.82, 2.24) is 25.5 Å². The van der Waals surface area contributed by atoms with E-state index in [1.807, 2.05) is 46.9 Å². The van der Waals surface area contributed by atoms with E-state index in [1.54, 1.807) is 18.2 Å². The first-order chi connectivity index (χ1) is 29.5. The first-order valence-corrected chi connectivity index (χ1v) is 22.6. The summed E-state index contributed by atoms with van der Waals surface area (Å²) in [6.45, 7) is 11.6. The minimum Gasteiger partial charge on any atom is -0.488 e. The molecule has 8 atom stereocenters. The van der Waals surface area contributed by atoms with Crippen LogP contribution in [0.15, 0.2) is 23.6 Å². The van der Waals surface area contributed by atoms with Gasteiger partial charge in [-0.3, -0.25) is 9.59 Å². The number of methoxy groups -OCH3 is 3. The lowest BCUT2D eigenvalue weighted by molar-refractivity contribution is -0.148. The fourth-order valence-electron chi connectivity index (χ4n) is 8.83. The number of esters is 1. The Morgan fingerprint density at radius 3 is 2.34 bits per heavy atom. The number of fused-ring (bicyclic) bond motifs is 2. The smallest absolute Gasteiger partial charge is 0.408 e. The third kappa shape index (κ3) is 9.70. The number of nitrogens with one attached hydrogen (secondary N) is 3. The van der Waals surface area contributed by atoms with E-state index in [4.69, 9.17) is 50.0 Å². The van der Waals surface area contributed by atoms with Gasteiger partial charge in [-0.15, -0.1) is 11.3 Å². The van der Waals surface area contributed by atoms with Crippen LogP contribution in [0.2, 0.25) is 5.02 Å². The molecule has 4 fully saturated rings. The fourth-order valence-corrected chi connectivity index (χ4v) is 9.95. The average molecular weight is 900 g/mol. The molecule has 3 saturated carbocycles. The van der Waals surface area contributed by atoms with E-state index in [9.17, 15) is 19.2 Å². The minimum atomic E-state index is -1.20. The topological polar surface area (TPSA) is 189 Å². The standard InChI is InChI=1S/C44H59ClN6O10S/c1-10-25-18-44(25,40(54)58-9)50-38(52)31-16-27(19-51(31)39(53)37(43(4,5)6)49-42(55)61-26-14-23-13-24(23)15-26)60-33-17-29(30-21-62-41(48-30)46-22(2)3)47-36-28(33)11-12-32(35(36)45)59-20-34(56-7)57-8/h11-12,17,21-27,31,34,37H,10,13-16,18-20H2,1-9H3,(H,46,48)(H,49,55)(H,50,52)/t23-,24+,25-,26?,27-,31+,37-,44-/m1/s1. The van der Waals surface area contributed by atoms with Gasteiger partial charge < -0.3 is 49.3 Å². The number of amides is 3. The molecule has 0 bridgehead atoms. The molecular formula is C44H59ClN6O10S. The van der Waals surface area contributed by atoms with E-state index in [0.717, 1.165) is 12.8 Å². The largest absolute Gasteiger partial charge is 0.488 e. The van der Waals surface area contributed by atoms with Crippen LogP contribution >= 0.6 is 22.9 Å². The highest BCUT2D eigenvalue weighted by atomic mass is 35.5. The maximum atomic E-state index is 14.9. The summed E-state index contributed by atoms with van der Waals surface area (Å²) in [5, 5.41) is 12.5. The molecule has 0 radical (unpaired) electrons. The maximum Gasteiger partial charge on any atom is 0.408 e. The van der Waals surface area contributed by atoms with E-state index in [2.05, 4.69) is 16.0 Å². The number of likely N-dealkylation sites (tertiary alicyclic amines) is 1. The number of nitrogens with zero attached hydrogens (tertiary/aromatic N) is 3. The van der Waals surface area contributed by atoms with Crippen LogP contribution in [0.5, 0.6) is 11.5 Å². The molecule has 338 valence electrons. The first kappa shape index (κ1) is 45.6. The van der Waals surface area contributed by atoms with Crippen molar-refractivity contribution in [1.29, 1.82) is 0 Å². The van der Waals surface area contributed by atoms with Crippen LogP contribution in [-0.4, -0.2) is 115 Å². The number of carbonyl (C=O) groups is 4. The predicted octanol–water partition coefficient (Wildman–Crippen LogP) is 6.58. The number of thiazole rings is 1. The number of carbonyl (C=O) groups excluding carboxylic acids is 4. The molecule has 1 aromatic carbocycles. The van der Waals surface area contributed by atoms with E-state index in [1.165, 1.54) is 44.0 Å². The number of ether oxygens (including phenoxy) is 6. The Kier molecular flexibility index (Phi) is 13.5. The van der Waals surface area contributed by atoms with Crippen LogP contribution in [0.3, 0.4) is 0 Å². The molecule has 0 spiro atoms. The second-order valence-corrected chi connectivity index (χ2v) is 19.5. The van der Waals surface area contributed by atoms with Crippen LogP contribution in [0.25, 0.3) is 22.3 Å². The lowest BCUT2D eigenvalue weighted by Gasteiger charge is -2.35. The summed E-state index contributed by atoms with van der Waals surface area (Å²) in [5.74, 6) is 0.289. The zero-order valence-corrected chi connectivity index (χ0v) is 38.4. The van der Waals surface area contributed by atoms with Gasteiger partial charge in [-0.05, 0) is 74.8 Å². The van der Waals surface area contributed by atoms with Crippen molar-refractivity contribution < 1.29 is 47.6 Å². The molecule has 4 aliphatic rings. The van der Waals surface area contributed by atoms with Gasteiger partial charge >= 0.3 is 12.1 Å². The summed E-state index contributed by atoms with van der Waals surface area (Å²) in [5.41, 5.74) is -0.543. The number of alkyl carbamates (subject to hydrolysis) is 1. The van der Waals surface area contributed by atoms with E-state index in [0.29, 0.717) is 63.6 Å². The fraction of sp³-hybridized carbons (Fsp3) is 0.636. The summed E-state index contributed by atoms with van der Waals surface area (Å²) in [4.78, 5) is 66.9. The van der Waals surface area contributed by atoms with Gasteiger partial charge in [0.2, 0.25) is 11.8 Å². The lowest BCUT2D eigenvalue weighted by Crippen LogP contribution is -2.59. The third-order valence-corrected chi connectivity index (χ3v) is 13.5. The number of anilines is 1. The molecular weight excluding hydrogens is 840 g/mol. The molecule has 3 amide bonds. The van der Waals surface area contributed by atoms with Crippen molar-refractivity contribution in [3.05, 3.63) is 28.6 Å². The SMILES string of the molecule is CC[C@@H]1C[C@]1(NC(=O)[C@@H]1C[C@@H](Oc2cc(-c3csc(NC(C)C)n3)nc3c(Cl)c(OCC(OC)OC)ccc23)CN1C(=O)[C@@H](NC(=O)OC1C[C@@H]2C[C@@H]2C1)C(C)(C)C)C(=O)OC. The van der Waals surface area contributed by atoms with Crippen LogP contribution in [0, 0.1) is 23.2 Å². The van der Waals surface area contributed by atoms with Crippen molar-refractivity contribution in [3.63, 3.8) is 0 Å². The molecule has 2 aromatic heterocycles. The summed E-state index contributed by atoms with van der Waals surface area (Å²) in [6, 6.07) is 3.28. The second-order valence-electron chi connectivity index (χ2n) is 18.3. The normalized spacial score (nSPS) is 25.6. The molecule has 3 aliphatic carbocycles. The molecule has 3 aromatic rings. The monoisotopic (exact) mass is 898 g/mol. The van der Waals surface area contributed by atoms with Crippen molar-refractivity contribution >= 4 is 62.8 Å². The Morgan fingerprint density at radius 2 is 1.71 bits per heavy atom. The highest BCUT2D eigenvalue weighted by molar-refractivity contribution is 7.14. The first-order valence-electron chi connectivity index (χ1n) is 21.4. The quantitative estimate of drug-likeness (QED) is 0.0976. The van der Waals surface area contributed by atoms with Gasteiger partial charge in [0.25, 0.3) is 0 Å². The molecule has 7 rings (SSSR count). The molecule has 1 aliphatic heterocycles. The number of halogens is 1. The molecule has 3 heterocycles. The van der Waals surface area contributed by atoms with Gasteiger partial charge in [0, 0.05) is 43.5 Å². The Labute approximate surface area is 371 Å².